The van der Waals surface area contributed by atoms with Crippen molar-refractivity contribution in [2.24, 2.45) is 5.41 Å². The number of carbonyl (C=O) groups is 2. The van der Waals surface area contributed by atoms with E-state index in [1.54, 1.807) is 11.8 Å². The Bertz CT molecular complexity index is 321. The molecule has 0 saturated heterocycles. The van der Waals surface area contributed by atoms with Gasteiger partial charge in [-0.1, -0.05) is 6.42 Å². The fourth-order valence-electron chi connectivity index (χ4n) is 2.07. The van der Waals surface area contributed by atoms with Gasteiger partial charge in [0.25, 0.3) is 0 Å². The summed E-state index contributed by atoms with van der Waals surface area (Å²) in [4.78, 5) is 23.0. The first-order valence-corrected chi connectivity index (χ1v) is 6.84. The van der Waals surface area contributed by atoms with Crippen molar-refractivity contribution in [3.05, 3.63) is 0 Å². The van der Waals surface area contributed by atoms with Crippen LogP contribution in [0.2, 0.25) is 0 Å². The SMILES string of the molecule is CSC1(CNC(=O)C2(C(=O)O)CCC2)CC1. The van der Waals surface area contributed by atoms with Crippen molar-refractivity contribution in [2.45, 2.75) is 36.9 Å². The van der Waals surface area contributed by atoms with Gasteiger partial charge in [0.1, 0.15) is 5.41 Å². The number of carboxylic acids is 1. The fraction of sp³-hybridized carbons (Fsp3) is 0.818. The summed E-state index contributed by atoms with van der Waals surface area (Å²) in [7, 11) is 0. The zero-order valence-electron chi connectivity index (χ0n) is 9.41. The molecule has 0 aromatic heterocycles. The normalized spacial score (nSPS) is 24.3. The summed E-state index contributed by atoms with van der Waals surface area (Å²) in [6.45, 7) is 0.613. The molecule has 0 spiro atoms. The van der Waals surface area contributed by atoms with Crippen LogP contribution in [-0.2, 0) is 9.59 Å². The molecule has 2 rings (SSSR count). The van der Waals surface area contributed by atoms with Crippen molar-refractivity contribution in [3.63, 3.8) is 0 Å². The lowest BCUT2D eigenvalue weighted by Crippen LogP contribution is -2.52. The van der Waals surface area contributed by atoms with Gasteiger partial charge >= 0.3 is 5.97 Å². The van der Waals surface area contributed by atoms with Crippen molar-refractivity contribution < 1.29 is 14.7 Å². The van der Waals surface area contributed by atoms with Crippen LogP contribution in [-0.4, -0.2) is 34.5 Å². The fourth-order valence-corrected chi connectivity index (χ4v) is 2.80. The van der Waals surface area contributed by atoms with E-state index < -0.39 is 11.4 Å². The van der Waals surface area contributed by atoms with Gasteiger partial charge in [-0.3, -0.25) is 9.59 Å². The standard InChI is InChI=1S/C11H17NO3S/c1-16-10(5-6-10)7-12-8(13)11(9(14)15)3-2-4-11/h2-7H2,1H3,(H,12,13)(H,14,15). The minimum atomic E-state index is -1.12. The molecule has 16 heavy (non-hydrogen) atoms. The maximum Gasteiger partial charge on any atom is 0.319 e. The summed E-state index contributed by atoms with van der Waals surface area (Å²) in [6.07, 6.45) is 6.09. The van der Waals surface area contributed by atoms with Crippen LogP contribution >= 0.6 is 11.8 Å². The van der Waals surface area contributed by atoms with E-state index in [0.29, 0.717) is 19.4 Å². The second kappa shape index (κ2) is 3.95. The Balaban J connectivity index is 1.90. The molecular formula is C11H17NO3S. The largest absolute Gasteiger partial charge is 0.480 e. The van der Waals surface area contributed by atoms with Crippen LogP contribution in [0.15, 0.2) is 0 Å². The van der Waals surface area contributed by atoms with E-state index in [4.69, 9.17) is 5.11 Å². The Morgan fingerprint density at radius 3 is 2.25 bits per heavy atom. The zero-order chi connectivity index (χ0) is 11.8. The Hall–Kier alpha value is -0.710. The first kappa shape index (κ1) is 11.8. The van der Waals surface area contributed by atoms with E-state index in [1.165, 1.54) is 0 Å². The van der Waals surface area contributed by atoms with E-state index in [0.717, 1.165) is 19.3 Å². The van der Waals surface area contributed by atoms with Gasteiger partial charge in [-0.05, 0) is 31.9 Å². The average molecular weight is 243 g/mol. The van der Waals surface area contributed by atoms with Crippen molar-refractivity contribution in [1.82, 2.24) is 5.32 Å². The molecule has 1 amide bonds. The zero-order valence-corrected chi connectivity index (χ0v) is 10.2. The summed E-state index contributed by atoms with van der Waals surface area (Å²) in [5.41, 5.74) is -1.12. The molecule has 4 nitrogen and oxygen atoms in total. The van der Waals surface area contributed by atoms with Gasteiger partial charge in [0.15, 0.2) is 0 Å². The van der Waals surface area contributed by atoms with Crippen LogP contribution in [0.3, 0.4) is 0 Å². The Morgan fingerprint density at radius 1 is 1.31 bits per heavy atom. The number of thioether (sulfide) groups is 1. The van der Waals surface area contributed by atoms with Gasteiger partial charge in [-0.25, -0.2) is 0 Å². The highest BCUT2D eigenvalue weighted by molar-refractivity contribution is 8.00. The third kappa shape index (κ3) is 1.81. The topological polar surface area (TPSA) is 66.4 Å². The Kier molecular flexibility index (Phi) is 2.90. The molecule has 2 N–H and O–H groups in total. The minimum absolute atomic E-state index is 0.194. The summed E-state index contributed by atoms with van der Waals surface area (Å²) < 4.78 is 0.194. The Morgan fingerprint density at radius 2 is 1.94 bits per heavy atom. The lowest BCUT2D eigenvalue weighted by atomic mass is 9.68. The summed E-state index contributed by atoms with van der Waals surface area (Å²) in [5.74, 6) is -1.25. The molecule has 0 bridgehead atoms. The van der Waals surface area contributed by atoms with E-state index >= 15 is 0 Å². The van der Waals surface area contributed by atoms with Crippen LogP contribution in [0.1, 0.15) is 32.1 Å². The van der Waals surface area contributed by atoms with Crippen molar-refractivity contribution >= 4 is 23.6 Å². The molecule has 0 heterocycles. The van der Waals surface area contributed by atoms with Crippen LogP contribution in [0.25, 0.3) is 0 Å². The predicted octanol–water partition coefficient (Wildman–Crippen LogP) is 1.25. The van der Waals surface area contributed by atoms with Crippen LogP contribution in [0, 0.1) is 5.41 Å². The minimum Gasteiger partial charge on any atom is -0.480 e. The highest BCUT2D eigenvalue weighted by Gasteiger charge is 2.52. The molecule has 0 unspecified atom stereocenters. The smallest absolute Gasteiger partial charge is 0.319 e. The highest BCUT2D eigenvalue weighted by Crippen LogP contribution is 2.47. The molecule has 2 saturated carbocycles. The second-order valence-corrected chi connectivity index (χ2v) is 6.08. The number of aliphatic carboxylic acids is 1. The highest BCUT2D eigenvalue weighted by atomic mass is 32.2. The van der Waals surface area contributed by atoms with Gasteiger partial charge in [-0.15, -0.1) is 0 Å². The number of hydrogen-bond donors (Lipinski definition) is 2. The van der Waals surface area contributed by atoms with E-state index in [2.05, 4.69) is 5.32 Å². The van der Waals surface area contributed by atoms with E-state index in [-0.39, 0.29) is 10.7 Å². The van der Waals surface area contributed by atoms with Crippen molar-refractivity contribution in [2.75, 3.05) is 12.8 Å². The third-order valence-electron chi connectivity index (χ3n) is 3.86. The van der Waals surface area contributed by atoms with Crippen molar-refractivity contribution in [1.29, 1.82) is 0 Å². The molecule has 2 fully saturated rings. The number of amides is 1. The molecule has 0 aliphatic heterocycles. The van der Waals surface area contributed by atoms with Gasteiger partial charge in [0.05, 0.1) is 0 Å². The van der Waals surface area contributed by atoms with Gasteiger partial charge in [-0.2, -0.15) is 11.8 Å². The van der Waals surface area contributed by atoms with Crippen molar-refractivity contribution in [3.8, 4) is 0 Å². The van der Waals surface area contributed by atoms with E-state index in [9.17, 15) is 9.59 Å². The number of nitrogens with one attached hydrogen (secondary N) is 1. The molecule has 2 aliphatic carbocycles. The maximum atomic E-state index is 11.9. The molecule has 5 heteroatoms. The molecule has 0 aromatic rings. The molecule has 2 aliphatic rings. The summed E-state index contributed by atoms with van der Waals surface area (Å²) in [6, 6.07) is 0. The molecule has 0 aromatic carbocycles. The lowest BCUT2D eigenvalue weighted by molar-refractivity contribution is -0.162. The maximum absolute atomic E-state index is 11.9. The quantitative estimate of drug-likeness (QED) is 0.713. The molecular weight excluding hydrogens is 226 g/mol. The van der Waals surface area contributed by atoms with Crippen LogP contribution in [0.5, 0.6) is 0 Å². The first-order valence-electron chi connectivity index (χ1n) is 5.62. The molecule has 0 radical (unpaired) electrons. The number of carbonyl (C=O) groups excluding carboxylic acids is 1. The number of rotatable bonds is 5. The third-order valence-corrected chi connectivity index (χ3v) is 5.28. The number of hydrogen-bond acceptors (Lipinski definition) is 3. The summed E-state index contributed by atoms with van der Waals surface area (Å²) in [5, 5.41) is 11.9. The van der Waals surface area contributed by atoms with Gasteiger partial charge in [0.2, 0.25) is 5.91 Å². The van der Waals surface area contributed by atoms with Crippen LogP contribution < -0.4 is 5.32 Å². The van der Waals surface area contributed by atoms with Gasteiger partial charge < -0.3 is 10.4 Å². The van der Waals surface area contributed by atoms with Crippen LogP contribution in [0.4, 0.5) is 0 Å². The van der Waals surface area contributed by atoms with E-state index in [1.807, 2.05) is 6.26 Å². The monoisotopic (exact) mass is 243 g/mol. The summed E-state index contributed by atoms with van der Waals surface area (Å²) >= 11 is 1.76. The first-order chi connectivity index (χ1) is 7.55. The second-order valence-electron chi connectivity index (χ2n) is 4.81. The average Bonchev–Trinajstić information content (AvgIpc) is 2.93. The lowest BCUT2D eigenvalue weighted by Gasteiger charge is -2.36. The number of carboxylic acid groups (broad SMARTS) is 1. The molecule has 0 atom stereocenters. The van der Waals surface area contributed by atoms with Gasteiger partial charge in [0, 0.05) is 11.3 Å². The Labute approximate surface area is 99.2 Å². The molecule has 90 valence electrons. The predicted molar refractivity (Wildman–Crippen MR) is 62.4 cm³/mol.